The van der Waals surface area contributed by atoms with E-state index in [1.54, 1.807) is 7.11 Å². The van der Waals surface area contributed by atoms with Crippen LogP contribution in [0, 0.1) is 6.92 Å². The van der Waals surface area contributed by atoms with Crippen LogP contribution in [0.3, 0.4) is 0 Å². The minimum absolute atomic E-state index is 0.104. The number of methoxy groups -OCH3 is 1. The maximum Gasteiger partial charge on any atom is 0.121 e. The first-order chi connectivity index (χ1) is 9.24. The van der Waals surface area contributed by atoms with Crippen LogP contribution in [-0.2, 0) is 0 Å². The van der Waals surface area contributed by atoms with Gasteiger partial charge in [0.15, 0.2) is 0 Å². The first-order valence-electron chi connectivity index (χ1n) is 6.40. The van der Waals surface area contributed by atoms with Crippen LogP contribution in [0.2, 0.25) is 0 Å². The number of hydrogen-bond acceptors (Lipinski definition) is 3. The van der Waals surface area contributed by atoms with Gasteiger partial charge in [0.05, 0.1) is 13.2 Å². The van der Waals surface area contributed by atoms with Crippen LogP contribution in [0.15, 0.2) is 48.5 Å². The van der Waals surface area contributed by atoms with Crippen LogP contribution < -0.4 is 15.8 Å². The highest BCUT2D eigenvalue weighted by Gasteiger charge is 2.10. The summed E-state index contributed by atoms with van der Waals surface area (Å²) in [5.41, 5.74) is 9.24. The lowest BCUT2D eigenvalue weighted by Crippen LogP contribution is -2.20. The third kappa shape index (κ3) is 3.26. The van der Waals surface area contributed by atoms with E-state index in [-0.39, 0.29) is 6.04 Å². The number of ether oxygens (including phenoxy) is 1. The fourth-order valence-corrected chi connectivity index (χ4v) is 2.13. The van der Waals surface area contributed by atoms with E-state index in [1.807, 2.05) is 43.3 Å². The molecule has 2 rings (SSSR count). The zero-order valence-electron chi connectivity index (χ0n) is 11.4. The number of nitrogens with one attached hydrogen (secondary N) is 1. The van der Waals surface area contributed by atoms with E-state index in [0.717, 1.165) is 17.0 Å². The van der Waals surface area contributed by atoms with Crippen LogP contribution in [0.4, 0.5) is 5.69 Å². The molecule has 0 fully saturated rings. The second-order valence-corrected chi connectivity index (χ2v) is 4.53. The second-order valence-electron chi connectivity index (χ2n) is 4.53. The Morgan fingerprint density at radius 2 is 1.89 bits per heavy atom. The molecule has 0 saturated heterocycles. The maximum atomic E-state index is 5.88. The molecule has 0 aliphatic rings. The molecule has 0 aliphatic heterocycles. The zero-order valence-corrected chi connectivity index (χ0v) is 11.4. The zero-order chi connectivity index (χ0) is 13.7. The van der Waals surface area contributed by atoms with Crippen molar-refractivity contribution < 1.29 is 4.74 Å². The third-order valence-electron chi connectivity index (χ3n) is 3.17. The van der Waals surface area contributed by atoms with E-state index in [2.05, 4.69) is 17.4 Å². The molecule has 0 spiro atoms. The Morgan fingerprint density at radius 1 is 1.16 bits per heavy atom. The van der Waals surface area contributed by atoms with Gasteiger partial charge in [-0.25, -0.2) is 0 Å². The van der Waals surface area contributed by atoms with Crippen molar-refractivity contribution in [2.24, 2.45) is 5.73 Å². The Kier molecular flexibility index (Phi) is 4.42. The van der Waals surface area contributed by atoms with Crippen LogP contribution in [0.25, 0.3) is 0 Å². The quantitative estimate of drug-likeness (QED) is 0.864. The number of benzene rings is 2. The minimum atomic E-state index is 0.104. The van der Waals surface area contributed by atoms with Gasteiger partial charge in [0.2, 0.25) is 0 Å². The number of rotatable bonds is 5. The van der Waals surface area contributed by atoms with Crippen molar-refractivity contribution in [1.82, 2.24) is 0 Å². The molecule has 0 amide bonds. The van der Waals surface area contributed by atoms with E-state index >= 15 is 0 Å². The van der Waals surface area contributed by atoms with E-state index < -0.39 is 0 Å². The average molecular weight is 256 g/mol. The molecule has 100 valence electrons. The van der Waals surface area contributed by atoms with Gasteiger partial charge in [-0.2, -0.15) is 0 Å². The molecule has 3 N–H and O–H groups in total. The molecule has 0 bridgehead atoms. The molecule has 3 nitrogen and oxygen atoms in total. The summed E-state index contributed by atoms with van der Waals surface area (Å²) in [5, 5.41) is 3.44. The number of para-hydroxylation sites is 1. The van der Waals surface area contributed by atoms with Gasteiger partial charge in [-0.15, -0.1) is 0 Å². The number of anilines is 1. The largest absolute Gasteiger partial charge is 0.496 e. The molecular weight excluding hydrogens is 236 g/mol. The lowest BCUT2D eigenvalue weighted by Gasteiger charge is -2.19. The van der Waals surface area contributed by atoms with E-state index in [9.17, 15) is 0 Å². The summed E-state index contributed by atoms with van der Waals surface area (Å²) in [5.74, 6) is 0.902. The summed E-state index contributed by atoms with van der Waals surface area (Å²) in [6.07, 6.45) is 0. The van der Waals surface area contributed by atoms with Crippen molar-refractivity contribution in [2.45, 2.75) is 13.0 Å². The fourth-order valence-electron chi connectivity index (χ4n) is 2.13. The Labute approximate surface area is 114 Å². The molecule has 3 heteroatoms. The summed E-state index contributed by atoms with van der Waals surface area (Å²) in [4.78, 5) is 0. The molecule has 19 heavy (non-hydrogen) atoms. The smallest absolute Gasteiger partial charge is 0.121 e. The Bertz CT molecular complexity index is 526. The number of hydrogen-bond donors (Lipinski definition) is 2. The van der Waals surface area contributed by atoms with E-state index in [4.69, 9.17) is 10.5 Å². The lowest BCUT2D eigenvalue weighted by molar-refractivity contribution is 0.411. The van der Waals surface area contributed by atoms with E-state index in [1.165, 1.54) is 5.56 Å². The first-order valence-corrected chi connectivity index (χ1v) is 6.40. The summed E-state index contributed by atoms with van der Waals surface area (Å²) in [6, 6.07) is 16.4. The predicted molar refractivity (Wildman–Crippen MR) is 79.6 cm³/mol. The standard InChI is InChI=1S/C16H20N2O/c1-12-10-13(8-9-16(12)19-2)15(11-17)18-14-6-4-3-5-7-14/h3-10,15,18H,11,17H2,1-2H3. The van der Waals surface area contributed by atoms with Gasteiger partial charge >= 0.3 is 0 Å². The molecule has 0 aromatic heterocycles. The van der Waals surface area contributed by atoms with Crippen molar-refractivity contribution >= 4 is 5.69 Å². The predicted octanol–water partition coefficient (Wildman–Crippen LogP) is 3.12. The van der Waals surface area contributed by atoms with Crippen LogP contribution >= 0.6 is 0 Å². The maximum absolute atomic E-state index is 5.88. The van der Waals surface area contributed by atoms with Gasteiger partial charge in [-0.3, -0.25) is 0 Å². The van der Waals surface area contributed by atoms with Crippen molar-refractivity contribution in [2.75, 3.05) is 19.0 Å². The second kappa shape index (κ2) is 6.25. The van der Waals surface area contributed by atoms with Crippen molar-refractivity contribution in [3.63, 3.8) is 0 Å². The van der Waals surface area contributed by atoms with Gasteiger partial charge in [0.1, 0.15) is 5.75 Å². The molecule has 2 aromatic carbocycles. The topological polar surface area (TPSA) is 47.3 Å². The SMILES string of the molecule is COc1ccc(C(CN)Nc2ccccc2)cc1C. The Hall–Kier alpha value is -2.00. The summed E-state index contributed by atoms with van der Waals surface area (Å²) >= 11 is 0. The summed E-state index contributed by atoms with van der Waals surface area (Å²) in [6.45, 7) is 2.58. The highest BCUT2D eigenvalue weighted by atomic mass is 16.5. The minimum Gasteiger partial charge on any atom is -0.496 e. The van der Waals surface area contributed by atoms with Crippen molar-refractivity contribution in [3.8, 4) is 5.75 Å². The number of aryl methyl sites for hydroxylation is 1. The molecule has 1 atom stereocenters. The summed E-state index contributed by atoms with van der Waals surface area (Å²) < 4.78 is 5.28. The molecule has 0 saturated carbocycles. The highest BCUT2D eigenvalue weighted by Crippen LogP contribution is 2.24. The Morgan fingerprint density at radius 3 is 2.47 bits per heavy atom. The molecule has 2 aromatic rings. The summed E-state index contributed by atoms with van der Waals surface area (Å²) in [7, 11) is 1.69. The highest BCUT2D eigenvalue weighted by molar-refractivity contribution is 5.46. The third-order valence-corrected chi connectivity index (χ3v) is 3.17. The molecule has 0 heterocycles. The molecule has 1 unspecified atom stereocenters. The van der Waals surface area contributed by atoms with Gasteiger partial charge < -0.3 is 15.8 Å². The van der Waals surface area contributed by atoms with Crippen molar-refractivity contribution in [1.29, 1.82) is 0 Å². The van der Waals surface area contributed by atoms with Crippen LogP contribution in [-0.4, -0.2) is 13.7 Å². The number of nitrogens with two attached hydrogens (primary N) is 1. The molecule has 0 aliphatic carbocycles. The van der Waals surface area contributed by atoms with Gasteiger partial charge in [-0.1, -0.05) is 30.3 Å². The Balaban J connectivity index is 2.20. The normalized spacial score (nSPS) is 11.9. The lowest BCUT2D eigenvalue weighted by atomic mass is 10.0. The van der Waals surface area contributed by atoms with Crippen molar-refractivity contribution in [3.05, 3.63) is 59.7 Å². The van der Waals surface area contributed by atoms with Crippen LogP contribution in [0.1, 0.15) is 17.2 Å². The van der Waals surface area contributed by atoms with Gasteiger partial charge in [0.25, 0.3) is 0 Å². The molecular formula is C16H20N2O. The molecule has 0 radical (unpaired) electrons. The van der Waals surface area contributed by atoms with Gasteiger partial charge in [0, 0.05) is 12.2 Å². The average Bonchev–Trinajstić information content (AvgIpc) is 2.46. The monoisotopic (exact) mass is 256 g/mol. The van der Waals surface area contributed by atoms with Gasteiger partial charge in [-0.05, 0) is 36.2 Å². The fraction of sp³-hybridized carbons (Fsp3) is 0.250. The van der Waals surface area contributed by atoms with Crippen LogP contribution in [0.5, 0.6) is 5.75 Å². The van der Waals surface area contributed by atoms with E-state index in [0.29, 0.717) is 6.54 Å². The first kappa shape index (κ1) is 13.4.